The van der Waals surface area contributed by atoms with Crippen molar-refractivity contribution in [3.05, 3.63) is 29.8 Å². The molecule has 0 N–H and O–H groups in total. The van der Waals surface area contributed by atoms with E-state index >= 15 is 0 Å². The van der Waals surface area contributed by atoms with E-state index in [1.807, 2.05) is 11.8 Å². The highest BCUT2D eigenvalue weighted by Gasteiger charge is 2.00. The van der Waals surface area contributed by atoms with Gasteiger partial charge < -0.3 is 0 Å². The fourth-order valence-electron chi connectivity index (χ4n) is 1.63. The molecule has 0 saturated carbocycles. The summed E-state index contributed by atoms with van der Waals surface area (Å²) in [7, 11) is 0. The van der Waals surface area contributed by atoms with Gasteiger partial charge in [-0.3, -0.25) is 0 Å². The molecule has 1 aromatic carbocycles. The van der Waals surface area contributed by atoms with Crippen LogP contribution in [0.2, 0.25) is 0 Å². The van der Waals surface area contributed by atoms with Gasteiger partial charge in [0, 0.05) is 4.90 Å². The Kier molecular flexibility index (Phi) is 5.97. The van der Waals surface area contributed by atoms with Crippen LogP contribution >= 0.6 is 11.8 Å². The van der Waals surface area contributed by atoms with Gasteiger partial charge in [0.1, 0.15) is 0 Å². The van der Waals surface area contributed by atoms with Crippen molar-refractivity contribution >= 4 is 11.8 Å². The number of hydrogen-bond donors (Lipinski definition) is 0. The van der Waals surface area contributed by atoms with Crippen LogP contribution < -0.4 is 0 Å². The van der Waals surface area contributed by atoms with Crippen LogP contribution in [-0.4, -0.2) is 5.75 Å². The van der Waals surface area contributed by atoms with Crippen LogP contribution in [0.3, 0.4) is 0 Å². The zero-order valence-corrected chi connectivity index (χ0v) is 11.8. The minimum Gasteiger partial charge on any atom is -0.126 e. The average Bonchev–Trinajstić information content (AvgIpc) is 2.25. The Hall–Kier alpha value is -0.430. The highest BCUT2D eigenvalue weighted by molar-refractivity contribution is 7.99. The van der Waals surface area contributed by atoms with Crippen molar-refractivity contribution in [1.29, 1.82) is 0 Å². The van der Waals surface area contributed by atoms with Crippen molar-refractivity contribution in [2.75, 3.05) is 5.75 Å². The average molecular weight is 236 g/mol. The maximum atomic E-state index is 2.29. The van der Waals surface area contributed by atoms with E-state index in [-0.39, 0.29) is 0 Å². The van der Waals surface area contributed by atoms with Crippen LogP contribution in [0.4, 0.5) is 0 Å². The fourth-order valence-corrected chi connectivity index (χ4v) is 2.51. The summed E-state index contributed by atoms with van der Waals surface area (Å²) in [6, 6.07) is 9.04. The zero-order valence-electron chi connectivity index (χ0n) is 11.0. The molecule has 0 spiro atoms. The molecule has 16 heavy (non-hydrogen) atoms. The first kappa shape index (κ1) is 13.6. The van der Waals surface area contributed by atoms with Gasteiger partial charge in [0.2, 0.25) is 0 Å². The predicted octanol–water partition coefficient (Wildman–Crippen LogP) is 5.34. The Balaban J connectivity index is 2.32. The number of rotatable bonds is 6. The van der Waals surface area contributed by atoms with Gasteiger partial charge in [-0.25, -0.2) is 0 Å². The van der Waals surface area contributed by atoms with E-state index in [2.05, 4.69) is 52.0 Å². The molecule has 0 aliphatic carbocycles. The highest BCUT2D eigenvalue weighted by atomic mass is 32.2. The summed E-state index contributed by atoms with van der Waals surface area (Å²) in [5.74, 6) is 2.73. The molecule has 90 valence electrons. The van der Waals surface area contributed by atoms with Crippen LogP contribution in [0.1, 0.15) is 52.0 Å². The van der Waals surface area contributed by atoms with Crippen LogP contribution in [0.25, 0.3) is 0 Å². The third kappa shape index (κ3) is 5.07. The van der Waals surface area contributed by atoms with Crippen molar-refractivity contribution in [1.82, 2.24) is 0 Å². The van der Waals surface area contributed by atoms with Crippen molar-refractivity contribution < 1.29 is 0 Å². The first-order valence-electron chi connectivity index (χ1n) is 6.32. The number of benzene rings is 1. The first-order chi connectivity index (χ1) is 7.59. The van der Waals surface area contributed by atoms with Crippen molar-refractivity contribution in [2.24, 2.45) is 5.92 Å². The second-order valence-corrected chi connectivity index (χ2v) is 6.28. The van der Waals surface area contributed by atoms with Crippen molar-refractivity contribution in [2.45, 2.75) is 51.3 Å². The van der Waals surface area contributed by atoms with E-state index in [9.17, 15) is 0 Å². The van der Waals surface area contributed by atoms with Gasteiger partial charge in [-0.2, -0.15) is 0 Å². The summed E-state index contributed by atoms with van der Waals surface area (Å²) >= 11 is 1.98. The molecule has 0 bridgehead atoms. The molecule has 0 saturated heterocycles. The summed E-state index contributed by atoms with van der Waals surface area (Å²) in [5.41, 5.74) is 1.44. The van der Waals surface area contributed by atoms with E-state index in [4.69, 9.17) is 0 Å². The Bertz CT molecular complexity index is 285. The lowest BCUT2D eigenvalue weighted by Crippen LogP contribution is -1.89. The van der Waals surface area contributed by atoms with Gasteiger partial charge in [-0.1, -0.05) is 46.2 Å². The lowest BCUT2D eigenvalue weighted by molar-refractivity contribution is 0.579. The van der Waals surface area contributed by atoms with Gasteiger partial charge in [0.05, 0.1) is 0 Å². The lowest BCUT2D eigenvalue weighted by atomic mass is 10.0. The van der Waals surface area contributed by atoms with Crippen LogP contribution in [-0.2, 0) is 0 Å². The van der Waals surface area contributed by atoms with Gasteiger partial charge in [0.25, 0.3) is 0 Å². The smallest absolute Gasteiger partial charge is 0.00721 e. The lowest BCUT2D eigenvalue weighted by Gasteiger charge is -2.07. The molecule has 0 heterocycles. The molecule has 0 amide bonds. The second-order valence-electron chi connectivity index (χ2n) is 5.11. The third-order valence-electron chi connectivity index (χ3n) is 2.74. The summed E-state index contributed by atoms with van der Waals surface area (Å²) in [6.07, 6.45) is 2.67. The summed E-state index contributed by atoms with van der Waals surface area (Å²) in [6.45, 7) is 9.07. The number of thioether (sulfide) groups is 1. The molecule has 0 atom stereocenters. The van der Waals surface area contributed by atoms with Gasteiger partial charge in [-0.05, 0) is 41.7 Å². The summed E-state index contributed by atoms with van der Waals surface area (Å²) in [5, 5.41) is 0. The van der Waals surface area contributed by atoms with Crippen molar-refractivity contribution in [3.63, 3.8) is 0 Å². The van der Waals surface area contributed by atoms with Gasteiger partial charge in [0.15, 0.2) is 0 Å². The maximum absolute atomic E-state index is 2.29. The first-order valence-corrected chi connectivity index (χ1v) is 7.31. The van der Waals surface area contributed by atoms with E-state index in [1.165, 1.54) is 29.1 Å². The Labute approximate surface area is 105 Å². The van der Waals surface area contributed by atoms with E-state index in [1.54, 1.807) is 0 Å². The van der Waals surface area contributed by atoms with Crippen molar-refractivity contribution in [3.8, 4) is 0 Å². The zero-order chi connectivity index (χ0) is 12.0. The topological polar surface area (TPSA) is 0 Å². The standard InChI is InChI=1S/C15H24S/c1-12(2)6-5-11-16-15-9-7-14(8-10-15)13(3)4/h7-10,12-13H,5-6,11H2,1-4H3. The largest absolute Gasteiger partial charge is 0.126 e. The summed E-state index contributed by atoms with van der Waals surface area (Å²) < 4.78 is 0. The van der Waals surface area contributed by atoms with Gasteiger partial charge in [-0.15, -0.1) is 11.8 Å². The van der Waals surface area contributed by atoms with Crippen LogP contribution in [0, 0.1) is 5.92 Å². The van der Waals surface area contributed by atoms with E-state index < -0.39 is 0 Å². The monoisotopic (exact) mass is 236 g/mol. The van der Waals surface area contributed by atoms with Gasteiger partial charge >= 0.3 is 0 Å². The maximum Gasteiger partial charge on any atom is 0.00721 e. The molecule has 1 aromatic rings. The minimum atomic E-state index is 0.639. The molecule has 0 nitrogen and oxygen atoms in total. The molecule has 1 rings (SSSR count). The Morgan fingerprint density at radius 3 is 2.12 bits per heavy atom. The Morgan fingerprint density at radius 2 is 1.62 bits per heavy atom. The SMILES string of the molecule is CC(C)CCCSc1ccc(C(C)C)cc1. The molecule has 0 aliphatic heterocycles. The van der Waals surface area contributed by atoms with E-state index in [0.717, 1.165) is 5.92 Å². The molecule has 0 fully saturated rings. The normalized spacial score (nSPS) is 11.4. The highest BCUT2D eigenvalue weighted by Crippen LogP contribution is 2.23. The molecular formula is C15H24S. The fraction of sp³-hybridized carbons (Fsp3) is 0.600. The molecule has 0 aromatic heterocycles. The minimum absolute atomic E-state index is 0.639. The molecular weight excluding hydrogens is 212 g/mol. The predicted molar refractivity (Wildman–Crippen MR) is 75.3 cm³/mol. The molecule has 0 unspecified atom stereocenters. The quantitative estimate of drug-likeness (QED) is 0.474. The van der Waals surface area contributed by atoms with Crippen LogP contribution in [0.5, 0.6) is 0 Å². The Morgan fingerprint density at radius 1 is 1.00 bits per heavy atom. The molecule has 1 heteroatoms. The summed E-state index contributed by atoms with van der Waals surface area (Å²) in [4.78, 5) is 1.41. The van der Waals surface area contributed by atoms with Crippen LogP contribution in [0.15, 0.2) is 29.2 Å². The number of hydrogen-bond acceptors (Lipinski definition) is 1. The van der Waals surface area contributed by atoms with E-state index in [0.29, 0.717) is 5.92 Å². The second kappa shape index (κ2) is 7.01. The third-order valence-corrected chi connectivity index (χ3v) is 3.84. The molecule has 0 radical (unpaired) electrons. The molecule has 0 aliphatic rings.